The van der Waals surface area contributed by atoms with Gasteiger partial charge in [0, 0.05) is 11.8 Å². The molecule has 0 amide bonds. The second-order valence-corrected chi connectivity index (χ2v) is 5.09. The van der Waals surface area contributed by atoms with E-state index in [9.17, 15) is 0 Å². The van der Waals surface area contributed by atoms with Crippen LogP contribution in [0.1, 0.15) is 58.8 Å². The zero-order valence-corrected chi connectivity index (χ0v) is 11.2. The highest BCUT2D eigenvalue weighted by molar-refractivity contribution is 7.80. The van der Waals surface area contributed by atoms with Crippen molar-refractivity contribution >= 4 is 23.0 Å². The third kappa shape index (κ3) is 6.05. The van der Waals surface area contributed by atoms with Crippen molar-refractivity contribution in [3.8, 4) is 0 Å². The van der Waals surface area contributed by atoms with Gasteiger partial charge in [-0.1, -0.05) is 19.3 Å². The Morgan fingerprint density at radius 2 is 1.69 bits per heavy atom. The Morgan fingerprint density at radius 1 is 1.12 bits per heavy atom. The number of hydrogen-bond acceptors (Lipinski definition) is 2. The number of thiocarbonyl (C=S) groups is 1. The zero-order chi connectivity index (χ0) is 11.8. The van der Waals surface area contributed by atoms with Gasteiger partial charge in [0.15, 0.2) is 5.11 Å². The number of nitrogens with one attached hydrogen (secondary N) is 2. The van der Waals surface area contributed by atoms with Gasteiger partial charge in [-0.3, -0.25) is 5.43 Å². The largest absolute Gasteiger partial charge is 0.359 e. The summed E-state index contributed by atoms with van der Waals surface area (Å²) in [6.07, 6.45) is 8.85. The van der Waals surface area contributed by atoms with Gasteiger partial charge in [0.05, 0.1) is 0 Å². The van der Waals surface area contributed by atoms with Crippen LogP contribution in [0.25, 0.3) is 0 Å². The molecule has 2 N–H and O–H groups in total. The highest BCUT2D eigenvalue weighted by Crippen LogP contribution is 2.14. The maximum absolute atomic E-state index is 5.13. The van der Waals surface area contributed by atoms with Crippen molar-refractivity contribution in [2.45, 2.75) is 64.8 Å². The highest BCUT2D eigenvalue weighted by Gasteiger charge is 2.05. The SMILES string of the molecule is CC(C)NC(=S)NN=C1CCCCCCC1. The lowest BCUT2D eigenvalue weighted by Crippen LogP contribution is -2.37. The summed E-state index contributed by atoms with van der Waals surface area (Å²) in [6.45, 7) is 4.13. The van der Waals surface area contributed by atoms with E-state index in [2.05, 4.69) is 29.7 Å². The molecule has 4 heteroatoms. The standard InChI is InChI=1S/C12H23N3S/c1-10(2)13-12(16)15-14-11-8-6-4-3-5-7-9-11/h10H,3-9H2,1-2H3,(H2,13,15,16). The van der Waals surface area contributed by atoms with Crippen molar-refractivity contribution in [3.05, 3.63) is 0 Å². The summed E-state index contributed by atoms with van der Waals surface area (Å²) >= 11 is 5.13. The molecular weight excluding hydrogens is 218 g/mol. The highest BCUT2D eigenvalue weighted by atomic mass is 32.1. The molecule has 0 unspecified atom stereocenters. The molecule has 3 nitrogen and oxygen atoms in total. The second kappa shape index (κ2) is 7.60. The number of rotatable bonds is 2. The molecule has 16 heavy (non-hydrogen) atoms. The predicted molar refractivity (Wildman–Crippen MR) is 73.8 cm³/mol. The molecule has 0 aromatic carbocycles. The Hall–Kier alpha value is -0.640. The van der Waals surface area contributed by atoms with Crippen LogP contribution in [0.5, 0.6) is 0 Å². The van der Waals surface area contributed by atoms with Gasteiger partial charge in [-0.25, -0.2) is 0 Å². The van der Waals surface area contributed by atoms with Crippen molar-refractivity contribution in [2.75, 3.05) is 0 Å². The number of nitrogens with zero attached hydrogens (tertiary/aromatic N) is 1. The summed E-state index contributed by atoms with van der Waals surface area (Å²) in [6, 6.07) is 0.359. The van der Waals surface area contributed by atoms with E-state index >= 15 is 0 Å². The van der Waals surface area contributed by atoms with E-state index in [4.69, 9.17) is 12.2 Å². The molecule has 1 rings (SSSR count). The Bertz CT molecular complexity index is 239. The maximum Gasteiger partial charge on any atom is 0.187 e. The third-order valence-corrected chi connectivity index (χ3v) is 2.88. The van der Waals surface area contributed by atoms with Crippen LogP contribution >= 0.6 is 12.2 Å². The molecule has 92 valence electrons. The summed E-state index contributed by atoms with van der Waals surface area (Å²) in [4.78, 5) is 0. The van der Waals surface area contributed by atoms with Crippen molar-refractivity contribution in [3.63, 3.8) is 0 Å². The van der Waals surface area contributed by atoms with Crippen molar-refractivity contribution in [1.82, 2.24) is 10.7 Å². The van der Waals surface area contributed by atoms with E-state index < -0.39 is 0 Å². The molecule has 0 bridgehead atoms. The molecule has 0 atom stereocenters. The van der Waals surface area contributed by atoms with Gasteiger partial charge in [-0.15, -0.1) is 0 Å². The van der Waals surface area contributed by atoms with Gasteiger partial charge >= 0.3 is 0 Å². The third-order valence-electron chi connectivity index (χ3n) is 2.67. The average Bonchev–Trinajstić information content (AvgIpc) is 2.14. The summed E-state index contributed by atoms with van der Waals surface area (Å²) in [5.41, 5.74) is 4.21. The molecule has 0 spiro atoms. The van der Waals surface area contributed by atoms with Crippen LogP contribution in [-0.4, -0.2) is 16.9 Å². The molecule has 0 saturated heterocycles. The molecule has 1 fully saturated rings. The van der Waals surface area contributed by atoms with Crippen LogP contribution in [0.3, 0.4) is 0 Å². The van der Waals surface area contributed by atoms with Crippen LogP contribution in [-0.2, 0) is 0 Å². The molecule has 0 heterocycles. The first-order chi connectivity index (χ1) is 7.68. The van der Waals surface area contributed by atoms with E-state index in [0.717, 1.165) is 12.8 Å². The normalized spacial score (nSPS) is 17.6. The van der Waals surface area contributed by atoms with E-state index in [1.165, 1.54) is 37.8 Å². The second-order valence-electron chi connectivity index (χ2n) is 4.69. The zero-order valence-electron chi connectivity index (χ0n) is 10.4. The quantitative estimate of drug-likeness (QED) is 0.576. The first kappa shape index (κ1) is 13.4. The summed E-state index contributed by atoms with van der Waals surface area (Å²) in [7, 11) is 0. The van der Waals surface area contributed by atoms with Crippen LogP contribution in [0.2, 0.25) is 0 Å². The van der Waals surface area contributed by atoms with Gasteiger partial charge in [0.25, 0.3) is 0 Å². The Labute approximate surface area is 104 Å². The van der Waals surface area contributed by atoms with Gasteiger partial charge < -0.3 is 5.32 Å². The molecule has 0 radical (unpaired) electrons. The lowest BCUT2D eigenvalue weighted by atomic mass is 9.99. The molecule has 1 saturated carbocycles. The first-order valence-electron chi connectivity index (χ1n) is 6.30. The maximum atomic E-state index is 5.13. The first-order valence-corrected chi connectivity index (χ1v) is 6.71. The number of hydrogen-bond donors (Lipinski definition) is 2. The Balaban J connectivity index is 2.32. The Kier molecular flexibility index (Phi) is 6.38. The van der Waals surface area contributed by atoms with Crippen LogP contribution < -0.4 is 10.7 Å². The number of hydrazone groups is 1. The average molecular weight is 241 g/mol. The smallest absolute Gasteiger partial charge is 0.187 e. The predicted octanol–water partition coefficient (Wildman–Crippen LogP) is 2.96. The van der Waals surface area contributed by atoms with Crippen molar-refractivity contribution in [1.29, 1.82) is 0 Å². The van der Waals surface area contributed by atoms with Crippen LogP contribution in [0, 0.1) is 0 Å². The Morgan fingerprint density at radius 3 is 2.25 bits per heavy atom. The fourth-order valence-electron chi connectivity index (χ4n) is 1.85. The molecule has 0 aromatic rings. The molecule has 1 aliphatic rings. The van der Waals surface area contributed by atoms with E-state index in [1.54, 1.807) is 0 Å². The molecule has 1 aliphatic carbocycles. The molecule has 0 aliphatic heterocycles. The van der Waals surface area contributed by atoms with E-state index in [1.807, 2.05) is 0 Å². The lowest BCUT2D eigenvalue weighted by Gasteiger charge is -2.13. The summed E-state index contributed by atoms with van der Waals surface area (Å²) < 4.78 is 0. The summed E-state index contributed by atoms with van der Waals surface area (Å²) in [5, 5.41) is 8.15. The fraction of sp³-hybridized carbons (Fsp3) is 0.833. The molecular formula is C12H23N3S. The minimum Gasteiger partial charge on any atom is -0.359 e. The van der Waals surface area contributed by atoms with Gasteiger partial charge in [-0.2, -0.15) is 5.10 Å². The minimum atomic E-state index is 0.359. The van der Waals surface area contributed by atoms with Crippen molar-refractivity contribution in [2.24, 2.45) is 5.10 Å². The van der Waals surface area contributed by atoms with Gasteiger partial charge in [-0.05, 0) is 51.7 Å². The summed E-state index contributed by atoms with van der Waals surface area (Å²) in [5.74, 6) is 0. The topological polar surface area (TPSA) is 36.4 Å². The van der Waals surface area contributed by atoms with E-state index in [-0.39, 0.29) is 0 Å². The van der Waals surface area contributed by atoms with Gasteiger partial charge in [0.1, 0.15) is 0 Å². The van der Waals surface area contributed by atoms with E-state index in [0.29, 0.717) is 11.2 Å². The fourth-order valence-corrected chi connectivity index (χ4v) is 2.13. The van der Waals surface area contributed by atoms with Crippen LogP contribution in [0.4, 0.5) is 0 Å². The van der Waals surface area contributed by atoms with Crippen molar-refractivity contribution < 1.29 is 0 Å². The van der Waals surface area contributed by atoms with Crippen LogP contribution in [0.15, 0.2) is 5.10 Å². The molecule has 0 aromatic heterocycles. The minimum absolute atomic E-state index is 0.359. The monoisotopic (exact) mass is 241 g/mol. The lowest BCUT2D eigenvalue weighted by molar-refractivity contribution is 0.604. The van der Waals surface area contributed by atoms with Gasteiger partial charge in [0.2, 0.25) is 0 Å².